The lowest BCUT2D eigenvalue weighted by molar-refractivity contribution is -0.117. The first-order valence-corrected chi connectivity index (χ1v) is 11.5. The van der Waals surface area contributed by atoms with Crippen LogP contribution in [0, 0.1) is 25.2 Å². The van der Waals surface area contributed by atoms with Crippen molar-refractivity contribution in [3.8, 4) is 0 Å². The number of rotatable bonds is 7. The molecule has 1 heterocycles. The number of carbonyl (C=O) groups is 1. The summed E-state index contributed by atoms with van der Waals surface area (Å²) in [6.07, 6.45) is 8.98. The summed E-state index contributed by atoms with van der Waals surface area (Å²) >= 11 is 0. The van der Waals surface area contributed by atoms with Crippen molar-refractivity contribution < 1.29 is 4.79 Å². The van der Waals surface area contributed by atoms with E-state index in [1.165, 1.54) is 24.0 Å². The smallest absolute Gasteiger partial charge is 0.251 e. The second kappa shape index (κ2) is 8.94. The molecule has 0 aromatic carbocycles. The van der Waals surface area contributed by atoms with E-state index in [4.69, 9.17) is 10.4 Å². The predicted molar refractivity (Wildman–Crippen MR) is 129 cm³/mol. The molecule has 4 heteroatoms. The number of hydrogen-bond donors (Lipinski definition) is 2. The molecule has 3 rings (SSSR count). The van der Waals surface area contributed by atoms with Crippen molar-refractivity contribution in [2.45, 2.75) is 79.1 Å². The number of amides is 1. The van der Waals surface area contributed by atoms with Gasteiger partial charge in [-0.3, -0.25) is 9.78 Å². The zero-order valence-electron chi connectivity index (χ0n) is 20.1. The van der Waals surface area contributed by atoms with Gasteiger partial charge in [0, 0.05) is 28.9 Å². The second-order valence-electron chi connectivity index (χ2n) is 9.54. The standard InChI is InChI=1S/C27H37N3O/c1-8-16(3)23-14-24(30-19(6)18(23)5)27(7,22-10-11-22)15-29-26(31)21-12-17(4)25(28)20(9-2)13-21/h9,12-14,16,22,28H,8,10-11,15H2,1-7H3,(H,29,31)/b20-9-,28-25?. The predicted octanol–water partition coefficient (Wildman–Crippen LogP) is 5.85. The van der Waals surface area contributed by atoms with Crippen LogP contribution in [0.25, 0.3) is 0 Å². The number of aromatic nitrogens is 1. The first-order chi connectivity index (χ1) is 14.6. The van der Waals surface area contributed by atoms with Gasteiger partial charge in [-0.1, -0.05) is 26.8 Å². The third-order valence-electron chi connectivity index (χ3n) is 7.32. The van der Waals surface area contributed by atoms with Gasteiger partial charge in [-0.25, -0.2) is 0 Å². The van der Waals surface area contributed by atoms with Crippen LogP contribution < -0.4 is 5.32 Å². The molecular formula is C27H37N3O. The van der Waals surface area contributed by atoms with Crippen molar-refractivity contribution in [1.82, 2.24) is 10.3 Å². The molecule has 166 valence electrons. The highest BCUT2D eigenvalue weighted by atomic mass is 16.1. The van der Waals surface area contributed by atoms with Crippen molar-refractivity contribution in [3.63, 3.8) is 0 Å². The average molecular weight is 420 g/mol. The molecule has 2 atom stereocenters. The molecule has 2 aliphatic rings. The molecule has 2 unspecified atom stereocenters. The van der Waals surface area contributed by atoms with Crippen LogP contribution >= 0.6 is 0 Å². The van der Waals surface area contributed by atoms with Gasteiger partial charge >= 0.3 is 0 Å². The van der Waals surface area contributed by atoms with Crippen molar-refractivity contribution in [1.29, 1.82) is 5.41 Å². The van der Waals surface area contributed by atoms with Crippen LogP contribution in [0.4, 0.5) is 0 Å². The zero-order chi connectivity index (χ0) is 22.9. The molecule has 0 saturated heterocycles. The molecule has 2 aliphatic carbocycles. The van der Waals surface area contributed by atoms with Crippen molar-refractivity contribution in [2.24, 2.45) is 5.92 Å². The molecule has 31 heavy (non-hydrogen) atoms. The summed E-state index contributed by atoms with van der Waals surface area (Å²) in [6.45, 7) is 15.4. The summed E-state index contributed by atoms with van der Waals surface area (Å²) in [5.74, 6) is 0.960. The fraction of sp³-hybridized carbons (Fsp3) is 0.519. The summed E-state index contributed by atoms with van der Waals surface area (Å²) in [5.41, 5.74) is 7.41. The van der Waals surface area contributed by atoms with Gasteiger partial charge < -0.3 is 10.7 Å². The Labute approximate surface area is 187 Å². The Bertz CT molecular complexity index is 994. The largest absolute Gasteiger partial charge is 0.351 e. The highest BCUT2D eigenvalue weighted by Crippen LogP contribution is 2.47. The summed E-state index contributed by atoms with van der Waals surface area (Å²) < 4.78 is 0. The Kier molecular flexibility index (Phi) is 6.68. The van der Waals surface area contributed by atoms with Crippen LogP contribution in [0.15, 0.2) is 41.0 Å². The summed E-state index contributed by atoms with van der Waals surface area (Å²) in [5, 5.41) is 11.3. The number of allylic oxidation sites excluding steroid dienone is 4. The first-order valence-electron chi connectivity index (χ1n) is 11.5. The van der Waals surface area contributed by atoms with Crippen molar-refractivity contribution in [2.75, 3.05) is 6.54 Å². The highest BCUT2D eigenvalue weighted by molar-refractivity contribution is 6.16. The Morgan fingerprint density at radius 1 is 1.32 bits per heavy atom. The van der Waals surface area contributed by atoms with Gasteiger partial charge in [-0.05, 0) is 99.3 Å². The van der Waals surface area contributed by atoms with Crippen LogP contribution in [-0.2, 0) is 10.2 Å². The highest BCUT2D eigenvalue weighted by Gasteiger charge is 2.44. The number of nitrogens with one attached hydrogen (secondary N) is 2. The Morgan fingerprint density at radius 3 is 2.58 bits per heavy atom. The van der Waals surface area contributed by atoms with E-state index in [1.54, 1.807) is 0 Å². The lowest BCUT2D eigenvalue weighted by Gasteiger charge is -2.31. The molecule has 0 radical (unpaired) electrons. The van der Waals surface area contributed by atoms with Gasteiger partial charge in [-0.2, -0.15) is 0 Å². The quantitative estimate of drug-likeness (QED) is 0.582. The van der Waals surface area contributed by atoms with Gasteiger partial charge in [0.1, 0.15) is 0 Å². The van der Waals surface area contributed by atoms with E-state index >= 15 is 0 Å². The molecule has 1 amide bonds. The Balaban J connectivity index is 1.88. The van der Waals surface area contributed by atoms with E-state index in [0.717, 1.165) is 29.0 Å². The van der Waals surface area contributed by atoms with E-state index in [2.05, 4.69) is 46.0 Å². The van der Waals surface area contributed by atoms with Crippen LogP contribution in [-0.4, -0.2) is 23.1 Å². The van der Waals surface area contributed by atoms with Gasteiger partial charge in [0.15, 0.2) is 0 Å². The van der Waals surface area contributed by atoms with Gasteiger partial charge in [0.25, 0.3) is 5.91 Å². The minimum absolute atomic E-state index is 0.0796. The molecule has 0 spiro atoms. The van der Waals surface area contributed by atoms with Crippen molar-refractivity contribution in [3.05, 3.63) is 63.5 Å². The minimum atomic E-state index is -0.180. The Hall–Kier alpha value is -2.49. The molecule has 0 aliphatic heterocycles. The second-order valence-corrected chi connectivity index (χ2v) is 9.54. The van der Waals surface area contributed by atoms with Gasteiger partial charge in [-0.15, -0.1) is 0 Å². The lowest BCUT2D eigenvalue weighted by atomic mass is 9.78. The number of carbonyl (C=O) groups excluding carboxylic acids is 1. The summed E-state index contributed by atoms with van der Waals surface area (Å²) in [7, 11) is 0. The fourth-order valence-corrected chi connectivity index (χ4v) is 4.49. The van der Waals surface area contributed by atoms with Crippen LogP contribution in [0.2, 0.25) is 0 Å². The van der Waals surface area contributed by atoms with E-state index in [1.807, 2.05) is 32.1 Å². The average Bonchev–Trinajstić information content (AvgIpc) is 3.60. The summed E-state index contributed by atoms with van der Waals surface area (Å²) in [4.78, 5) is 18.0. The number of nitrogens with zero attached hydrogens (tertiary/aromatic N) is 1. The molecule has 1 aromatic rings. The SMILES string of the molecule is C/C=C1/C=C(C(=O)NCC(C)(c2cc(C(C)CC)c(C)c(C)n2)C2CC2)C=C(C)C1=N. The van der Waals surface area contributed by atoms with Gasteiger partial charge in [0.05, 0.1) is 5.71 Å². The third kappa shape index (κ3) is 4.58. The number of aryl methyl sites for hydroxylation is 1. The third-order valence-corrected chi connectivity index (χ3v) is 7.32. The van der Waals surface area contributed by atoms with Crippen LogP contribution in [0.1, 0.15) is 82.3 Å². The van der Waals surface area contributed by atoms with Crippen LogP contribution in [0.3, 0.4) is 0 Å². The van der Waals surface area contributed by atoms with Crippen LogP contribution in [0.5, 0.6) is 0 Å². The Morgan fingerprint density at radius 2 is 2.00 bits per heavy atom. The molecule has 1 fully saturated rings. The van der Waals surface area contributed by atoms with Crippen molar-refractivity contribution >= 4 is 11.6 Å². The van der Waals surface area contributed by atoms with E-state index < -0.39 is 0 Å². The molecular weight excluding hydrogens is 382 g/mol. The monoisotopic (exact) mass is 419 g/mol. The van der Waals surface area contributed by atoms with Gasteiger partial charge in [0.2, 0.25) is 0 Å². The number of pyridine rings is 1. The zero-order valence-corrected chi connectivity index (χ0v) is 20.1. The molecule has 1 saturated carbocycles. The topological polar surface area (TPSA) is 65.8 Å². The first kappa shape index (κ1) is 23.2. The maximum absolute atomic E-state index is 13.0. The molecule has 4 nitrogen and oxygen atoms in total. The van der Waals surface area contributed by atoms with E-state index in [-0.39, 0.29) is 11.3 Å². The fourth-order valence-electron chi connectivity index (χ4n) is 4.49. The minimum Gasteiger partial charge on any atom is -0.351 e. The normalized spacial score (nSPS) is 20.7. The molecule has 1 aromatic heterocycles. The maximum Gasteiger partial charge on any atom is 0.251 e. The molecule has 0 bridgehead atoms. The van der Waals surface area contributed by atoms with E-state index in [9.17, 15) is 4.79 Å². The van der Waals surface area contributed by atoms with E-state index in [0.29, 0.717) is 29.7 Å². The maximum atomic E-state index is 13.0. The number of hydrogen-bond acceptors (Lipinski definition) is 3. The lowest BCUT2D eigenvalue weighted by Crippen LogP contribution is -2.41. The summed E-state index contributed by atoms with van der Waals surface area (Å²) in [6, 6.07) is 2.30. The molecule has 2 N–H and O–H groups in total.